The van der Waals surface area contributed by atoms with E-state index in [0.717, 1.165) is 16.9 Å². The van der Waals surface area contributed by atoms with Crippen molar-refractivity contribution in [3.63, 3.8) is 0 Å². The summed E-state index contributed by atoms with van der Waals surface area (Å²) in [6.45, 7) is 3.51. The molecule has 1 atom stereocenters. The van der Waals surface area contributed by atoms with Crippen molar-refractivity contribution in [2.45, 2.75) is 5.38 Å². The van der Waals surface area contributed by atoms with Crippen molar-refractivity contribution < 1.29 is 4.74 Å². The maximum atomic E-state index is 6.40. The van der Waals surface area contributed by atoms with Crippen molar-refractivity contribution in [1.82, 2.24) is 0 Å². The van der Waals surface area contributed by atoms with Crippen molar-refractivity contribution in [3.8, 4) is 5.75 Å². The van der Waals surface area contributed by atoms with Crippen LogP contribution in [-0.4, -0.2) is 0 Å². The molecule has 0 aromatic heterocycles. The summed E-state index contributed by atoms with van der Waals surface area (Å²) >= 11 is 6.40. The highest BCUT2D eigenvalue weighted by atomic mass is 35.5. The SMILES string of the molecule is C=COc1ccc(C(Cl)c2ccccc2)cc1. The number of hydrogen-bond donors (Lipinski definition) is 0. The molecule has 0 aliphatic heterocycles. The van der Waals surface area contributed by atoms with E-state index in [0.29, 0.717) is 0 Å². The molecule has 0 N–H and O–H groups in total. The molecule has 0 spiro atoms. The molecular formula is C15H13ClO. The minimum atomic E-state index is -0.131. The Hall–Kier alpha value is -1.73. The normalized spacial score (nSPS) is 11.8. The molecule has 2 heteroatoms. The fourth-order valence-electron chi connectivity index (χ4n) is 1.63. The van der Waals surface area contributed by atoms with Gasteiger partial charge in [0, 0.05) is 0 Å². The summed E-state index contributed by atoms with van der Waals surface area (Å²) < 4.78 is 5.17. The summed E-state index contributed by atoms with van der Waals surface area (Å²) in [6, 6.07) is 17.7. The quantitative estimate of drug-likeness (QED) is 0.567. The maximum Gasteiger partial charge on any atom is 0.126 e. The van der Waals surface area contributed by atoms with Gasteiger partial charge in [0.15, 0.2) is 0 Å². The van der Waals surface area contributed by atoms with Crippen LogP contribution in [0.1, 0.15) is 16.5 Å². The monoisotopic (exact) mass is 244 g/mol. The highest BCUT2D eigenvalue weighted by Gasteiger charge is 2.09. The summed E-state index contributed by atoms with van der Waals surface area (Å²) in [6.07, 6.45) is 1.41. The minimum Gasteiger partial charge on any atom is -0.466 e. The number of rotatable bonds is 4. The predicted molar refractivity (Wildman–Crippen MR) is 71.4 cm³/mol. The standard InChI is InChI=1S/C15H13ClO/c1-2-17-14-10-8-13(9-11-14)15(16)12-6-4-3-5-7-12/h2-11,15H,1H2. The van der Waals surface area contributed by atoms with Gasteiger partial charge in [-0.2, -0.15) is 0 Å². The summed E-state index contributed by atoms with van der Waals surface area (Å²) in [5.41, 5.74) is 2.14. The molecule has 0 aliphatic rings. The van der Waals surface area contributed by atoms with E-state index in [-0.39, 0.29) is 5.38 Å². The fraction of sp³-hybridized carbons (Fsp3) is 0.0667. The van der Waals surface area contributed by atoms with Crippen LogP contribution in [0.25, 0.3) is 0 Å². The molecule has 0 radical (unpaired) electrons. The molecule has 1 nitrogen and oxygen atoms in total. The van der Waals surface area contributed by atoms with Crippen LogP contribution in [0, 0.1) is 0 Å². The fourth-order valence-corrected chi connectivity index (χ4v) is 1.92. The van der Waals surface area contributed by atoms with Crippen LogP contribution in [0.2, 0.25) is 0 Å². The Bertz CT molecular complexity index is 476. The number of ether oxygens (including phenoxy) is 1. The Morgan fingerprint density at radius 3 is 2.12 bits per heavy atom. The van der Waals surface area contributed by atoms with Gasteiger partial charge in [-0.15, -0.1) is 11.6 Å². The predicted octanol–water partition coefficient (Wildman–Crippen LogP) is 4.54. The second-order valence-corrected chi connectivity index (χ2v) is 4.06. The van der Waals surface area contributed by atoms with Crippen LogP contribution in [0.5, 0.6) is 5.75 Å². The molecular weight excluding hydrogens is 232 g/mol. The van der Waals surface area contributed by atoms with Crippen LogP contribution < -0.4 is 4.74 Å². The lowest BCUT2D eigenvalue weighted by atomic mass is 10.0. The molecule has 2 aromatic carbocycles. The minimum absolute atomic E-state index is 0.131. The van der Waals surface area contributed by atoms with Crippen molar-refractivity contribution in [2.24, 2.45) is 0 Å². The van der Waals surface area contributed by atoms with E-state index in [1.165, 1.54) is 6.26 Å². The molecule has 0 fully saturated rings. The van der Waals surface area contributed by atoms with Gasteiger partial charge in [0.05, 0.1) is 11.6 Å². The average Bonchev–Trinajstić information content (AvgIpc) is 2.40. The van der Waals surface area contributed by atoms with Crippen LogP contribution in [0.15, 0.2) is 67.4 Å². The Morgan fingerprint density at radius 1 is 0.941 bits per heavy atom. The second-order valence-electron chi connectivity index (χ2n) is 3.63. The third-order valence-electron chi connectivity index (χ3n) is 2.48. The van der Waals surface area contributed by atoms with Crippen molar-refractivity contribution in [2.75, 3.05) is 0 Å². The van der Waals surface area contributed by atoms with Gasteiger partial charge in [-0.1, -0.05) is 49.0 Å². The molecule has 0 aliphatic carbocycles. The van der Waals surface area contributed by atoms with E-state index < -0.39 is 0 Å². The third kappa shape index (κ3) is 2.89. The number of benzene rings is 2. The van der Waals surface area contributed by atoms with Gasteiger partial charge in [0.2, 0.25) is 0 Å². The van der Waals surface area contributed by atoms with Crippen LogP contribution in [0.3, 0.4) is 0 Å². The van der Waals surface area contributed by atoms with E-state index >= 15 is 0 Å². The molecule has 86 valence electrons. The molecule has 17 heavy (non-hydrogen) atoms. The zero-order chi connectivity index (χ0) is 12.1. The summed E-state index contributed by atoms with van der Waals surface area (Å²) in [7, 11) is 0. The lowest BCUT2D eigenvalue weighted by Crippen LogP contribution is -1.92. The van der Waals surface area contributed by atoms with Gasteiger partial charge >= 0.3 is 0 Å². The van der Waals surface area contributed by atoms with Crippen LogP contribution in [0.4, 0.5) is 0 Å². The van der Waals surface area contributed by atoms with Gasteiger partial charge in [0.25, 0.3) is 0 Å². The lowest BCUT2D eigenvalue weighted by molar-refractivity contribution is 0.483. The van der Waals surface area contributed by atoms with Crippen molar-refractivity contribution in [3.05, 3.63) is 78.6 Å². The summed E-state index contributed by atoms with van der Waals surface area (Å²) in [5.74, 6) is 0.765. The van der Waals surface area contributed by atoms with Gasteiger partial charge in [-0.05, 0) is 23.3 Å². The Labute approximate surface area is 106 Å². The first-order chi connectivity index (χ1) is 8.31. The first kappa shape index (κ1) is 11.7. The van der Waals surface area contributed by atoms with E-state index in [9.17, 15) is 0 Å². The van der Waals surface area contributed by atoms with Gasteiger partial charge < -0.3 is 4.74 Å². The largest absolute Gasteiger partial charge is 0.466 e. The van der Waals surface area contributed by atoms with Crippen LogP contribution in [-0.2, 0) is 0 Å². The molecule has 0 saturated heterocycles. The van der Waals surface area contributed by atoms with Gasteiger partial charge in [-0.25, -0.2) is 0 Å². The molecule has 2 rings (SSSR count). The molecule has 2 aromatic rings. The third-order valence-corrected chi connectivity index (χ3v) is 2.99. The zero-order valence-electron chi connectivity index (χ0n) is 9.34. The number of hydrogen-bond acceptors (Lipinski definition) is 1. The summed E-state index contributed by atoms with van der Waals surface area (Å²) in [4.78, 5) is 0. The van der Waals surface area contributed by atoms with E-state index in [1.807, 2.05) is 54.6 Å². The van der Waals surface area contributed by atoms with Crippen molar-refractivity contribution in [1.29, 1.82) is 0 Å². The molecule has 0 saturated carbocycles. The lowest BCUT2D eigenvalue weighted by Gasteiger charge is -2.10. The summed E-state index contributed by atoms with van der Waals surface area (Å²) in [5, 5.41) is -0.131. The number of alkyl halides is 1. The Morgan fingerprint density at radius 2 is 1.53 bits per heavy atom. The first-order valence-corrected chi connectivity index (χ1v) is 5.81. The highest BCUT2D eigenvalue weighted by Crippen LogP contribution is 2.29. The highest BCUT2D eigenvalue weighted by molar-refractivity contribution is 6.22. The topological polar surface area (TPSA) is 9.23 Å². The van der Waals surface area contributed by atoms with E-state index in [4.69, 9.17) is 16.3 Å². The smallest absolute Gasteiger partial charge is 0.126 e. The zero-order valence-corrected chi connectivity index (χ0v) is 10.1. The molecule has 0 heterocycles. The molecule has 1 unspecified atom stereocenters. The Kier molecular flexibility index (Phi) is 3.84. The molecule has 0 bridgehead atoms. The van der Waals surface area contributed by atoms with Gasteiger partial charge in [0.1, 0.15) is 5.75 Å². The van der Waals surface area contributed by atoms with E-state index in [2.05, 4.69) is 6.58 Å². The van der Waals surface area contributed by atoms with E-state index in [1.54, 1.807) is 0 Å². The average molecular weight is 245 g/mol. The maximum absolute atomic E-state index is 6.40. The Balaban J connectivity index is 2.20. The van der Waals surface area contributed by atoms with Crippen LogP contribution >= 0.6 is 11.6 Å². The molecule has 0 amide bonds. The first-order valence-electron chi connectivity index (χ1n) is 5.38. The van der Waals surface area contributed by atoms with Crippen molar-refractivity contribution >= 4 is 11.6 Å². The number of halogens is 1. The second kappa shape index (κ2) is 5.55. The van der Waals surface area contributed by atoms with Gasteiger partial charge in [-0.3, -0.25) is 0 Å².